The van der Waals surface area contributed by atoms with Gasteiger partial charge in [-0.15, -0.1) is 9.78 Å². The molecule has 0 unspecified atom stereocenters. The zero-order valence-corrected chi connectivity index (χ0v) is 21.3. The molecule has 0 aromatic carbocycles. The fraction of sp³-hybridized carbons (Fsp3) is 0.333. The minimum Gasteiger partial charge on any atom is -0.464 e. The van der Waals surface area contributed by atoms with Gasteiger partial charge in [-0.25, -0.2) is 14.4 Å². The Morgan fingerprint density at radius 3 is 1.75 bits per heavy atom. The molecule has 22 heteroatoms. The maximum atomic E-state index is 11.0. The van der Waals surface area contributed by atoms with Crippen molar-refractivity contribution in [2.45, 2.75) is 0 Å². The first-order chi connectivity index (χ1) is 19.2. The highest BCUT2D eigenvalue weighted by Gasteiger charge is 2.21. The molecule has 3 aromatic heterocycles. The van der Waals surface area contributed by atoms with Crippen LogP contribution in [0, 0.1) is 30.3 Å². The molecule has 0 spiro atoms. The zero-order valence-electron chi connectivity index (χ0n) is 22.3. The van der Waals surface area contributed by atoms with Crippen LogP contribution in [0.15, 0.2) is 18.2 Å². The average molecular weight is 576 g/mol. The number of carbonyl (C=O) groups excluding carboxylic acids is 3. The van der Waals surface area contributed by atoms with E-state index in [-0.39, 0.29) is 34.5 Å². The number of rotatable bonds is 6. The van der Waals surface area contributed by atoms with Gasteiger partial charge in [0.2, 0.25) is 0 Å². The minimum atomic E-state index is -1.00. The van der Waals surface area contributed by atoms with Crippen molar-refractivity contribution >= 4 is 35.4 Å². The van der Waals surface area contributed by atoms with Crippen LogP contribution in [-0.2, 0) is 28.3 Å². The van der Waals surface area contributed by atoms with Gasteiger partial charge in [-0.3, -0.25) is 4.39 Å². The number of H-pyrrole nitrogens is 1. The number of nitrogens with zero attached hydrogens (tertiary/aromatic N) is 8. The van der Waals surface area contributed by atoms with Crippen LogP contribution in [0.4, 0.5) is 21.8 Å². The third-order valence-corrected chi connectivity index (χ3v) is 4.04. The number of aromatic amines is 1. The molecule has 0 atom stereocenters. The smallest absolute Gasteiger partial charge is 0.390 e. The standard InChI is InChI=1S/2C6H7N3O4.C5H5N3O4.CH3F/c1-8-4(6(10)13-2)3-5(7-8)9(11)12;1-8-5(9(11)12)3-4(7-8)6(10)13-2;1-12-5(9)3-2-4(7-6-3)8(10)11;1-2/h2*3H,1-2H3;2H,1H3,(H,6,7);1H3/i;;;1D. The molecule has 1 N–H and O–H groups in total. The molecule has 40 heavy (non-hydrogen) atoms. The number of aryl methyl sites for hydroxylation is 2. The van der Waals surface area contributed by atoms with Crippen LogP contribution in [-0.4, -0.2) is 90.9 Å². The van der Waals surface area contributed by atoms with Crippen molar-refractivity contribution in [3.63, 3.8) is 0 Å². The minimum absolute atomic E-state index is 0.0502. The molecule has 0 aliphatic heterocycles. The highest BCUT2D eigenvalue weighted by molar-refractivity contribution is 5.88. The second-order valence-corrected chi connectivity index (χ2v) is 6.41. The second kappa shape index (κ2) is 16.1. The second-order valence-electron chi connectivity index (χ2n) is 6.41. The summed E-state index contributed by atoms with van der Waals surface area (Å²) in [6.45, 7) is 0. The average Bonchev–Trinajstić information content (AvgIpc) is 3.67. The van der Waals surface area contributed by atoms with Gasteiger partial charge < -0.3 is 44.6 Å². The van der Waals surface area contributed by atoms with E-state index in [9.17, 15) is 49.1 Å². The Morgan fingerprint density at radius 2 is 1.38 bits per heavy atom. The summed E-state index contributed by atoms with van der Waals surface area (Å²) in [7, 11) is 5.36. The van der Waals surface area contributed by atoms with Crippen LogP contribution in [0.3, 0.4) is 0 Å². The molecular weight excluding hydrogens is 553 g/mol. The molecular formula is C18H22FN9O12. The summed E-state index contributed by atoms with van der Waals surface area (Å²) in [4.78, 5) is 61.3. The highest BCUT2D eigenvalue weighted by Crippen LogP contribution is 2.12. The summed E-state index contributed by atoms with van der Waals surface area (Å²) in [5, 5.41) is 43.2. The van der Waals surface area contributed by atoms with Crippen LogP contribution in [0.25, 0.3) is 0 Å². The van der Waals surface area contributed by atoms with Crippen LogP contribution < -0.4 is 0 Å². The van der Waals surface area contributed by atoms with Gasteiger partial charge in [0, 0.05) is 0 Å². The van der Waals surface area contributed by atoms with Gasteiger partial charge in [-0.1, -0.05) is 10.2 Å². The van der Waals surface area contributed by atoms with Gasteiger partial charge in [0.1, 0.15) is 7.05 Å². The molecule has 0 radical (unpaired) electrons. The zero-order chi connectivity index (χ0) is 31.9. The van der Waals surface area contributed by atoms with Gasteiger partial charge >= 0.3 is 35.4 Å². The molecule has 3 aromatic rings. The number of halogens is 1. The van der Waals surface area contributed by atoms with E-state index in [1.54, 1.807) is 0 Å². The van der Waals surface area contributed by atoms with Crippen molar-refractivity contribution in [2.75, 3.05) is 28.5 Å². The van der Waals surface area contributed by atoms with Crippen LogP contribution in [0.5, 0.6) is 0 Å². The monoisotopic (exact) mass is 576 g/mol. The number of alkyl halides is 1. The van der Waals surface area contributed by atoms with E-state index in [1.807, 2.05) is 0 Å². The van der Waals surface area contributed by atoms with Crippen molar-refractivity contribution in [2.24, 2.45) is 14.1 Å². The number of hydrogen-bond donors (Lipinski definition) is 1. The maximum Gasteiger partial charge on any atom is 0.390 e. The number of esters is 3. The Bertz CT molecular complexity index is 1390. The van der Waals surface area contributed by atoms with Gasteiger partial charge in [-0.05, 0) is 14.8 Å². The van der Waals surface area contributed by atoms with Crippen molar-refractivity contribution in [3.8, 4) is 0 Å². The summed E-state index contributed by atoms with van der Waals surface area (Å²) in [6.07, 6.45) is 0. The summed E-state index contributed by atoms with van der Waals surface area (Å²) in [5.74, 6) is -3.01. The Kier molecular flexibility index (Phi) is 13.0. The molecule has 0 fully saturated rings. The third kappa shape index (κ3) is 9.56. The fourth-order valence-corrected chi connectivity index (χ4v) is 2.28. The van der Waals surface area contributed by atoms with E-state index >= 15 is 0 Å². The van der Waals surface area contributed by atoms with Crippen molar-refractivity contribution in [1.82, 2.24) is 29.8 Å². The molecule has 3 rings (SSSR count). The van der Waals surface area contributed by atoms with Gasteiger partial charge in [-0.2, -0.15) is 4.68 Å². The molecule has 0 saturated carbocycles. The molecule has 3 heterocycles. The van der Waals surface area contributed by atoms with E-state index in [0.717, 1.165) is 27.6 Å². The number of aromatic nitrogens is 6. The van der Waals surface area contributed by atoms with Crippen LogP contribution in [0.2, 0.25) is 0 Å². The van der Waals surface area contributed by atoms with Gasteiger partial charge in [0.05, 0.1) is 60.2 Å². The van der Waals surface area contributed by atoms with E-state index in [1.165, 1.54) is 35.4 Å². The lowest BCUT2D eigenvalue weighted by atomic mass is 10.4. The number of nitrogens with one attached hydrogen (secondary N) is 1. The molecule has 0 aliphatic carbocycles. The Labute approximate surface area is 223 Å². The van der Waals surface area contributed by atoms with Crippen LogP contribution in [0.1, 0.15) is 32.8 Å². The third-order valence-electron chi connectivity index (χ3n) is 4.04. The number of methoxy groups -OCH3 is 3. The summed E-state index contributed by atoms with van der Waals surface area (Å²) in [5.41, 5.74) is -0.130. The van der Waals surface area contributed by atoms with E-state index in [0.29, 0.717) is 0 Å². The quantitative estimate of drug-likeness (QED) is 0.185. The maximum absolute atomic E-state index is 11.0. The Balaban J connectivity index is 0.000000558. The van der Waals surface area contributed by atoms with Crippen molar-refractivity contribution < 1.29 is 49.1 Å². The number of nitro groups is 3. The number of carbonyl (C=O) groups is 3. The van der Waals surface area contributed by atoms with Gasteiger partial charge in [0.15, 0.2) is 17.1 Å². The lowest BCUT2D eigenvalue weighted by Gasteiger charge is -1.93. The normalized spacial score (nSPS) is 9.60. The fourth-order valence-electron chi connectivity index (χ4n) is 2.28. The first-order valence-corrected chi connectivity index (χ1v) is 9.85. The topological polar surface area (TPSA) is 273 Å². The van der Waals surface area contributed by atoms with E-state index < -0.39 is 39.8 Å². The molecule has 21 nitrogen and oxygen atoms in total. The van der Waals surface area contributed by atoms with Crippen LogP contribution >= 0.6 is 0 Å². The predicted octanol–water partition coefficient (Wildman–Crippen LogP) is 0.920. The largest absolute Gasteiger partial charge is 0.464 e. The Hall–Kier alpha value is -5.83. The molecule has 0 saturated heterocycles. The molecule has 218 valence electrons. The summed E-state index contributed by atoms with van der Waals surface area (Å²) < 4.78 is 30.6. The predicted molar refractivity (Wildman–Crippen MR) is 126 cm³/mol. The highest BCUT2D eigenvalue weighted by atomic mass is 19.1. The van der Waals surface area contributed by atoms with Gasteiger partial charge in [0.25, 0.3) is 0 Å². The molecule has 0 aliphatic rings. The Morgan fingerprint density at radius 1 is 0.850 bits per heavy atom. The molecule has 0 bridgehead atoms. The van der Waals surface area contributed by atoms with Crippen molar-refractivity contribution in [1.29, 1.82) is 0 Å². The van der Waals surface area contributed by atoms with E-state index in [2.05, 4.69) is 34.6 Å². The first-order valence-electron chi connectivity index (χ1n) is 10.6. The lowest BCUT2D eigenvalue weighted by molar-refractivity contribution is -0.392. The lowest BCUT2D eigenvalue weighted by Crippen LogP contribution is -2.07. The van der Waals surface area contributed by atoms with Crippen molar-refractivity contribution in [3.05, 3.63) is 65.6 Å². The number of hydrogen-bond acceptors (Lipinski definition) is 15. The summed E-state index contributed by atoms with van der Waals surface area (Å²) >= 11 is 0. The SMILES string of the molecule is COC(=O)c1cc([N+](=O)[O-])[nH]n1.COC(=O)c1cc([N+](=O)[O-])n(C)n1.COC(=O)c1cc([N+](=O)[O-])nn1C.[2H]CF. The first kappa shape index (κ1) is 32.2. The summed E-state index contributed by atoms with van der Waals surface area (Å²) in [6, 6.07) is 3.13. The van der Waals surface area contributed by atoms with E-state index in [4.69, 9.17) is 1.37 Å². The molecule has 0 amide bonds. The number of ether oxygens (including phenoxy) is 3.